The minimum atomic E-state index is -5.00. The summed E-state index contributed by atoms with van der Waals surface area (Å²) in [5, 5.41) is 8.83. The Labute approximate surface area is 103 Å². The second-order valence-corrected chi connectivity index (χ2v) is 3.39. The Morgan fingerprint density at radius 3 is 2.39 bits per heavy atom. The van der Waals surface area contributed by atoms with Gasteiger partial charge in [0.05, 0.1) is 12.3 Å². The smallest absolute Gasteiger partial charge is 0.390 e. The van der Waals surface area contributed by atoms with Gasteiger partial charge in [-0.25, -0.2) is 13.8 Å². The third-order valence-electron chi connectivity index (χ3n) is 1.93. The number of alkyl halides is 6. The fourth-order valence-corrected chi connectivity index (χ4v) is 1.53. The summed E-state index contributed by atoms with van der Waals surface area (Å²) in [5.41, 5.74) is -1.55. The molecule has 18 heavy (non-hydrogen) atoms. The molecule has 0 aliphatic heterocycles. The van der Waals surface area contributed by atoms with Gasteiger partial charge in [-0.3, -0.25) is 0 Å². The van der Waals surface area contributed by atoms with Crippen molar-refractivity contribution in [2.24, 2.45) is 0 Å². The minimum Gasteiger partial charge on any atom is -0.390 e. The quantitative estimate of drug-likeness (QED) is 0.684. The Balaban J connectivity index is 3.26. The SMILES string of the molecule is OCc1nc(OC(F)(F)F)cc(CCl)c1C(F)F. The molecule has 0 atom stereocenters. The lowest BCUT2D eigenvalue weighted by Crippen LogP contribution is -2.19. The summed E-state index contributed by atoms with van der Waals surface area (Å²) in [5.74, 6) is -1.39. The molecule has 1 heterocycles. The molecule has 9 heteroatoms. The molecule has 1 rings (SSSR count). The van der Waals surface area contributed by atoms with Gasteiger partial charge in [-0.1, -0.05) is 0 Å². The van der Waals surface area contributed by atoms with Crippen molar-refractivity contribution < 1.29 is 31.8 Å². The molecule has 0 saturated heterocycles. The van der Waals surface area contributed by atoms with E-state index in [2.05, 4.69) is 9.72 Å². The van der Waals surface area contributed by atoms with E-state index in [4.69, 9.17) is 16.7 Å². The summed E-state index contributed by atoms with van der Waals surface area (Å²) in [6.45, 7) is -0.946. The van der Waals surface area contributed by atoms with Gasteiger partial charge in [0.1, 0.15) is 0 Å². The van der Waals surface area contributed by atoms with Crippen LogP contribution in [0.5, 0.6) is 5.88 Å². The van der Waals surface area contributed by atoms with Crippen LogP contribution in [-0.4, -0.2) is 16.5 Å². The van der Waals surface area contributed by atoms with Crippen molar-refractivity contribution in [3.05, 3.63) is 22.9 Å². The monoisotopic (exact) mass is 291 g/mol. The summed E-state index contributed by atoms with van der Waals surface area (Å²) in [7, 11) is 0. The molecule has 0 aliphatic rings. The lowest BCUT2D eigenvalue weighted by Gasteiger charge is -2.14. The fraction of sp³-hybridized carbons (Fsp3) is 0.444. The third-order valence-corrected chi connectivity index (χ3v) is 2.22. The van der Waals surface area contributed by atoms with E-state index in [0.29, 0.717) is 6.07 Å². The van der Waals surface area contributed by atoms with Gasteiger partial charge in [0.25, 0.3) is 6.43 Å². The van der Waals surface area contributed by atoms with Crippen LogP contribution in [0, 0.1) is 0 Å². The van der Waals surface area contributed by atoms with Gasteiger partial charge in [-0.15, -0.1) is 24.8 Å². The zero-order valence-corrected chi connectivity index (χ0v) is 9.40. The van der Waals surface area contributed by atoms with Crippen LogP contribution in [0.15, 0.2) is 6.07 Å². The fourth-order valence-electron chi connectivity index (χ4n) is 1.31. The van der Waals surface area contributed by atoms with Crippen molar-refractivity contribution in [3.63, 3.8) is 0 Å². The summed E-state index contributed by atoms with van der Waals surface area (Å²) >= 11 is 5.37. The van der Waals surface area contributed by atoms with Crippen LogP contribution in [0.3, 0.4) is 0 Å². The van der Waals surface area contributed by atoms with Crippen LogP contribution in [0.2, 0.25) is 0 Å². The van der Waals surface area contributed by atoms with Gasteiger partial charge in [0.15, 0.2) is 0 Å². The van der Waals surface area contributed by atoms with Gasteiger partial charge in [0.2, 0.25) is 5.88 Å². The maximum Gasteiger partial charge on any atom is 0.574 e. The van der Waals surface area contributed by atoms with Crippen LogP contribution in [-0.2, 0) is 12.5 Å². The Kier molecular flexibility index (Phi) is 4.69. The average Bonchev–Trinajstić information content (AvgIpc) is 2.24. The van der Waals surface area contributed by atoms with Crippen molar-refractivity contribution in [2.75, 3.05) is 0 Å². The second kappa shape index (κ2) is 5.66. The number of hydrogen-bond acceptors (Lipinski definition) is 3. The molecule has 0 amide bonds. The predicted molar refractivity (Wildman–Crippen MR) is 51.4 cm³/mol. The largest absolute Gasteiger partial charge is 0.574 e. The van der Waals surface area contributed by atoms with Crippen LogP contribution in [0.4, 0.5) is 22.0 Å². The highest BCUT2D eigenvalue weighted by atomic mass is 35.5. The number of rotatable bonds is 4. The first kappa shape index (κ1) is 14.9. The Hall–Kier alpha value is -1.15. The van der Waals surface area contributed by atoms with E-state index in [1.165, 1.54) is 0 Å². The third kappa shape index (κ3) is 3.67. The van der Waals surface area contributed by atoms with Crippen LogP contribution >= 0.6 is 11.6 Å². The molecule has 0 aromatic carbocycles. The molecule has 1 aromatic rings. The van der Waals surface area contributed by atoms with E-state index in [9.17, 15) is 22.0 Å². The highest BCUT2D eigenvalue weighted by molar-refractivity contribution is 6.17. The van der Waals surface area contributed by atoms with Gasteiger partial charge >= 0.3 is 6.36 Å². The molecule has 1 N–H and O–H groups in total. The van der Waals surface area contributed by atoms with E-state index in [1.807, 2.05) is 0 Å². The molecule has 0 aliphatic carbocycles. The minimum absolute atomic E-state index is 0.273. The standard InChI is InChI=1S/C9H7ClF5NO2/c10-2-4-1-6(18-9(13,14)15)16-5(3-17)7(4)8(11)12/h1,8,17H,2-3H2. The highest BCUT2D eigenvalue weighted by Crippen LogP contribution is 2.31. The molecular weight excluding hydrogens is 285 g/mol. The number of nitrogens with zero attached hydrogens (tertiary/aromatic N) is 1. The molecule has 0 unspecified atom stereocenters. The van der Waals surface area contributed by atoms with Crippen molar-refractivity contribution in [1.82, 2.24) is 4.98 Å². The van der Waals surface area contributed by atoms with E-state index >= 15 is 0 Å². The van der Waals surface area contributed by atoms with E-state index in [-0.39, 0.29) is 5.56 Å². The van der Waals surface area contributed by atoms with Gasteiger partial charge in [0, 0.05) is 17.5 Å². The number of aliphatic hydroxyl groups is 1. The Bertz CT molecular complexity index is 399. The van der Waals surface area contributed by atoms with Crippen molar-refractivity contribution >= 4 is 11.6 Å². The number of hydrogen-bond donors (Lipinski definition) is 1. The number of aromatic nitrogens is 1. The molecule has 0 saturated carbocycles. The van der Waals surface area contributed by atoms with E-state index < -0.39 is 42.4 Å². The number of pyridine rings is 1. The molecule has 1 aromatic heterocycles. The maximum atomic E-state index is 12.7. The van der Waals surface area contributed by atoms with E-state index in [0.717, 1.165) is 0 Å². The molecular formula is C9H7ClF5NO2. The zero-order valence-electron chi connectivity index (χ0n) is 8.64. The average molecular weight is 292 g/mol. The predicted octanol–water partition coefficient (Wildman–Crippen LogP) is 3.15. The number of halogens is 6. The van der Waals surface area contributed by atoms with Crippen LogP contribution in [0.1, 0.15) is 23.2 Å². The summed E-state index contributed by atoms with van der Waals surface area (Å²) in [6, 6.07) is 0.668. The second-order valence-electron chi connectivity index (χ2n) is 3.12. The molecule has 0 fully saturated rings. The molecule has 0 radical (unpaired) electrons. The molecule has 3 nitrogen and oxygen atoms in total. The molecule has 0 spiro atoms. The molecule has 0 bridgehead atoms. The first-order chi connectivity index (χ1) is 8.28. The maximum absolute atomic E-state index is 12.7. The lowest BCUT2D eigenvalue weighted by atomic mass is 10.1. The summed E-state index contributed by atoms with van der Waals surface area (Å²) < 4.78 is 64.7. The van der Waals surface area contributed by atoms with Crippen LogP contribution < -0.4 is 4.74 Å². The van der Waals surface area contributed by atoms with Crippen molar-refractivity contribution in [2.45, 2.75) is 25.3 Å². The first-order valence-corrected chi connectivity index (χ1v) is 5.05. The Morgan fingerprint density at radius 1 is 1.39 bits per heavy atom. The summed E-state index contributed by atoms with van der Waals surface area (Å²) in [6.07, 6.45) is -8.01. The topological polar surface area (TPSA) is 42.4 Å². The van der Waals surface area contributed by atoms with Gasteiger partial charge < -0.3 is 9.84 Å². The van der Waals surface area contributed by atoms with Gasteiger partial charge in [-0.05, 0) is 5.56 Å². The normalized spacial score (nSPS) is 12.0. The van der Waals surface area contributed by atoms with Crippen molar-refractivity contribution in [3.8, 4) is 5.88 Å². The van der Waals surface area contributed by atoms with Gasteiger partial charge in [-0.2, -0.15) is 0 Å². The number of ether oxygens (including phenoxy) is 1. The molecule has 102 valence electrons. The highest BCUT2D eigenvalue weighted by Gasteiger charge is 2.33. The Morgan fingerprint density at radius 2 is 2.00 bits per heavy atom. The lowest BCUT2D eigenvalue weighted by molar-refractivity contribution is -0.276. The van der Waals surface area contributed by atoms with Crippen LogP contribution in [0.25, 0.3) is 0 Å². The zero-order chi connectivity index (χ0) is 13.9. The van der Waals surface area contributed by atoms with Crippen molar-refractivity contribution in [1.29, 1.82) is 0 Å². The summed E-state index contributed by atoms with van der Waals surface area (Å²) in [4.78, 5) is 3.18. The first-order valence-electron chi connectivity index (χ1n) is 4.52. The van der Waals surface area contributed by atoms with E-state index in [1.54, 1.807) is 0 Å². The number of aliphatic hydroxyl groups excluding tert-OH is 1.